The summed E-state index contributed by atoms with van der Waals surface area (Å²) in [5.74, 6) is 1.64. The number of aromatic nitrogens is 3. The molecule has 1 saturated heterocycles. The first kappa shape index (κ1) is 19.4. The zero-order chi connectivity index (χ0) is 20.4. The molecular formula is C23H29N5O. The van der Waals surface area contributed by atoms with E-state index in [1.807, 2.05) is 54.4 Å². The van der Waals surface area contributed by atoms with Crippen molar-refractivity contribution in [3.8, 4) is 0 Å². The molecule has 2 aromatic heterocycles. The van der Waals surface area contributed by atoms with Gasteiger partial charge in [0.1, 0.15) is 11.3 Å². The number of rotatable bonds is 4. The van der Waals surface area contributed by atoms with Gasteiger partial charge in [0.05, 0.1) is 0 Å². The highest BCUT2D eigenvalue weighted by Gasteiger charge is 2.27. The van der Waals surface area contributed by atoms with Crippen molar-refractivity contribution in [1.29, 1.82) is 0 Å². The summed E-state index contributed by atoms with van der Waals surface area (Å²) in [5, 5.41) is 3.05. The SMILES string of the molecule is Cc1ccccc1NC(=O)N1CCC(n2c(CC(C)C)nc3cccnc32)CC1. The van der Waals surface area contributed by atoms with E-state index in [9.17, 15) is 4.79 Å². The van der Waals surface area contributed by atoms with Gasteiger partial charge in [-0.2, -0.15) is 0 Å². The van der Waals surface area contributed by atoms with Crippen LogP contribution in [-0.4, -0.2) is 38.6 Å². The number of carbonyl (C=O) groups excluding carboxylic acids is 1. The molecule has 4 rings (SSSR count). The van der Waals surface area contributed by atoms with Gasteiger partial charge in [-0.1, -0.05) is 32.0 Å². The Labute approximate surface area is 172 Å². The molecule has 1 fully saturated rings. The van der Waals surface area contributed by atoms with E-state index in [-0.39, 0.29) is 6.03 Å². The Balaban J connectivity index is 1.48. The smallest absolute Gasteiger partial charge is 0.321 e. The number of hydrogen-bond acceptors (Lipinski definition) is 3. The zero-order valence-corrected chi connectivity index (χ0v) is 17.4. The summed E-state index contributed by atoms with van der Waals surface area (Å²) in [4.78, 5) is 24.1. The molecule has 0 bridgehead atoms. The maximum atomic E-state index is 12.7. The average Bonchev–Trinajstić information content (AvgIpc) is 3.07. The van der Waals surface area contributed by atoms with E-state index < -0.39 is 0 Å². The van der Waals surface area contributed by atoms with Gasteiger partial charge in [-0.15, -0.1) is 0 Å². The number of imidazole rings is 1. The summed E-state index contributed by atoms with van der Waals surface area (Å²) in [6.45, 7) is 7.91. The van der Waals surface area contributed by atoms with Crippen LogP contribution in [0.1, 0.15) is 44.1 Å². The number of nitrogens with one attached hydrogen (secondary N) is 1. The lowest BCUT2D eigenvalue weighted by molar-refractivity contribution is 0.183. The van der Waals surface area contributed by atoms with Crippen LogP contribution in [0.25, 0.3) is 11.2 Å². The minimum Gasteiger partial charge on any atom is -0.324 e. The minimum absolute atomic E-state index is 0.0197. The van der Waals surface area contributed by atoms with Crippen LogP contribution in [0.15, 0.2) is 42.6 Å². The largest absolute Gasteiger partial charge is 0.324 e. The Morgan fingerprint density at radius 1 is 1.17 bits per heavy atom. The molecule has 1 aliphatic heterocycles. The van der Waals surface area contributed by atoms with Crippen LogP contribution in [0.2, 0.25) is 0 Å². The molecule has 0 atom stereocenters. The number of urea groups is 1. The Morgan fingerprint density at radius 3 is 2.66 bits per heavy atom. The van der Waals surface area contributed by atoms with E-state index >= 15 is 0 Å². The van der Waals surface area contributed by atoms with Gasteiger partial charge in [-0.25, -0.2) is 14.8 Å². The summed E-state index contributed by atoms with van der Waals surface area (Å²) in [6, 6.07) is 12.2. The number of para-hydroxylation sites is 1. The van der Waals surface area contributed by atoms with Gasteiger partial charge in [0.25, 0.3) is 0 Å². The number of likely N-dealkylation sites (tertiary alicyclic amines) is 1. The molecule has 6 nitrogen and oxygen atoms in total. The number of nitrogens with zero attached hydrogens (tertiary/aromatic N) is 4. The third-order valence-electron chi connectivity index (χ3n) is 5.62. The van der Waals surface area contributed by atoms with Gasteiger partial charge in [-0.05, 0) is 49.4 Å². The quantitative estimate of drug-likeness (QED) is 0.694. The van der Waals surface area contributed by atoms with E-state index in [0.717, 1.165) is 60.6 Å². The van der Waals surface area contributed by atoms with Crippen LogP contribution < -0.4 is 5.32 Å². The predicted octanol–water partition coefficient (Wildman–Crippen LogP) is 4.81. The Morgan fingerprint density at radius 2 is 1.93 bits per heavy atom. The van der Waals surface area contributed by atoms with Gasteiger partial charge in [-0.3, -0.25) is 0 Å². The molecule has 152 valence electrons. The zero-order valence-electron chi connectivity index (χ0n) is 17.4. The second-order valence-corrected chi connectivity index (χ2v) is 8.31. The Kier molecular flexibility index (Phi) is 5.51. The number of amides is 2. The highest BCUT2D eigenvalue weighted by Crippen LogP contribution is 2.29. The number of fused-ring (bicyclic) bond motifs is 1. The maximum Gasteiger partial charge on any atom is 0.321 e. The van der Waals surface area contributed by atoms with Crippen LogP contribution in [0.3, 0.4) is 0 Å². The number of hydrogen-bond donors (Lipinski definition) is 1. The monoisotopic (exact) mass is 391 g/mol. The fourth-order valence-corrected chi connectivity index (χ4v) is 4.10. The second-order valence-electron chi connectivity index (χ2n) is 8.31. The number of anilines is 1. The molecule has 0 spiro atoms. The third-order valence-corrected chi connectivity index (χ3v) is 5.62. The summed E-state index contributed by atoms with van der Waals surface area (Å²) in [7, 11) is 0. The van der Waals surface area contributed by atoms with Crippen molar-refractivity contribution in [1.82, 2.24) is 19.4 Å². The van der Waals surface area contributed by atoms with Crippen molar-refractivity contribution < 1.29 is 4.79 Å². The lowest BCUT2D eigenvalue weighted by atomic mass is 10.0. The molecule has 29 heavy (non-hydrogen) atoms. The molecule has 1 N–H and O–H groups in total. The van der Waals surface area contributed by atoms with Gasteiger partial charge in [0.15, 0.2) is 5.65 Å². The molecule has 0 aliphatic carbocycles. The van der Waals surface area contributed by atoms with Crippen LogP contribution >= 0.6 is 0 Å². The van der Waals surface area contributed by atoms with Crippen molar-refractivity contribution in [2.45, 2.75) is 46.1 Å². The number of pyridine rings is 1. The van der Waals surface area contributed by atoms with Crippen molar-refractivity contribution in [2.75, 3.05) is 18.4 Å². The summed E-state index contributed by atoms with van der Waals surface area (Å²) in [6.07, 6.45) is 4.59. The van der Waals surface area contributed by atoms with E-state index in [2.05, 4.69) is 28.7 Å². The number of piperidine rings is 1. The summed E-state index contributed by atoms with van der Waals surface area (Å²) in [5.41, 5.74) is 3.88. The van der Waals surface area contributed by atoms with Crippen LogP contribution in [-0.2, 0) is 6.42 Å². The molecule has 1 aliphatic rings. The normalized spacial score (nSPS) is 15.2. The van der Waals surface area contributed by atoms with Crippen molar-refractivity contribution in [3.05, 3.63) is 54.0 Å². The van der Waals surface area contributed by atoms with E-state index in [4.69, 9.17) is 4.98 Å². The predicted molar refractivity (Wildman–Crippen MR) is 116 cm³/mol. The highest BCUT2D eigenvalue weighted by molar-refractivity contribution is 5.90. The van der Waals surface area contributed by atoms with Gasteiger partial charge < -0.3 is 14.8 Å². The van der Waals surface area contributed by atoms with E-state index in [1.54, 1.807) is 0 Å². The highest BCUT2D eigenvalue weighted by atomic mass is 16.2. The molecule has 6 heteroatoms. The molecule has 1 aromatic carbocycles. The van der Waals surface area contributed by atoms with Crippen molar-refractivity contribution in [2.24, 2.45) is 5.92 Å². The summed E-state index contributed by atoms with van der Waals surface area (Å²) < 4.78 is 2.33. The van der Waals surface area contributed by atoms with Crippen LogP contribution in [0.5, 0.6) is 0 Å². The van der Waals surface area contributed by atoms with Gasteiger partial charge in [0.2, 0.25) is 0 Å². The molecule has 3 heterocycles. The first-order valence-electron chi connectivity index (χ1n) is 10.5. The summed E-state index contributed by atoms with van der Waals surface area (Å²) >= 11 is 0. The van der Waals surface area contributed by atoms with Crippen molar-refractivity contribution in [3.63, 3.8) is 0 Å². The molecule has 2 amide bonds. The van der Waals surface area contributed by atoms with E-state index in [0.29, 0.717) is 12.0 Å². The molecule has 0 unspecified atom stereocenters. The maximum absolute atomic E-state index is 12.7. The second kappa shape index (κ2) is 8.23. The fourth-order valence-electron chi connectivity index (χ4n) is 4.10. The number of benzene rings is 1. The minimum atomic E-state index is -0.0197. The Hall–Kier alpha value is -2.89. The van der Waals surface area contributed by atoms with Crippen LogP contribution in [0, 0.1) is 12.8 Å². The fraction of sp³-hybridized carbons (Fsp3) is 0.435. The molecule has 3 aromatic rings. The van der Waals surface area contributed by atoms with Gasteiger partial charge >= 0.3 is 6.03 Å². The standard InChI is InChI=1S/C23H29N5O/c1-16(2)15-21-25-20-9-6-12-24-22(20)28(21)18-10-13-27(14-11-18)23(29)26-19-8-5-4-7-17(19)3/h4-9,12,16,18H,10-11,13-15H2,1-3H3,(H,26,29). The first-order valence-corrected chi connectivity index (χ1v) is 10.5. The molecule has 0 saturated carbocycles. The van der Waals surface area contributed by atoms with E-state index in [1.165, 1.54) is 0 Å². The number of carbonyl (C=O) groups is 1. The third kappa shape index (κ3) is 4.11. The molecule has 0 radical (unpaired) electrons. The number of aryl methyl sites for hydroxylation is 1. The lowest BCUT2D eigenvalue weighted by Crippen LogP contribution is -2.41. The Bertz CT molecular complexity index is 1000. The molecular weight excluding hydrogens is 362 g/mol. The van der Waals surface area contributed by atoms with Crippen molar-refractivity contribution >= 4 is 22.9 Å². The van der Waals surface area contributed by atoms with Gasteiger partial charge in [0, 0.05) is 37.4 Å². The average molecular weight is 392 g/mol. The topological polar surface area (TPSA) is 63.1 Å². The first-order chi connectivity index (χ1) is 14.0. The van der Waals surface area contributed by atoms with Crippen LogP contribution in [0.4, 0.5) is 10.5 Å². The lowest BCUT2D eigenvalue weighted by Gasteiger charge is -2.33.